The molecule has 1 amide bonds. The van der Waals surface area contributed by atoms with Crippen LogP contribution < -0.4 is 10.5 Å². The second-order valence-corrected chi connectivity index (χ2v) is 5.56. The number of aryl methyl sites for hydroxylation is 1. The highest BCUT2D eigenvalue weighted by molar-refractivity contribution is 6.30. The molecule has 0 fully saturated rings. The van der Waals surface area contributed by atoms with E-state index in [-0.39, 0.29) is 6.10 Å². The zero-order chi connectivity index (χ0) is 15.5. The minimum Gasteiger partial charge on any atom is -0.486 e. The summed E-state index contributed by atoms with van der Waals surface area (Å²) in [4.78, 5) is 10.6. The van der Waals surface area contributed by atoms with Crippen LogP contribution in [0, 0.1) is 11.8 Å². The number of hydrogen-bond acceptors (Lipinski definition) is 2. The van der Waals surface area contributed by atoms with Crippen molar-refractivity contribution < 1.29 is 9.53 Å². The van der Waals surface area contributed by atoms with Gasteiger partial charge in [0.05, 0.1) is 0 Å². The zero-order valence-electron chi connectivity index (χ0n) is 11.8. The molecular formula is C18H14ClNO2. The van der Waals surface area contributed by atoms with Crippen LogP contribution in [-0.4, -0.2) is 5.91 Å². The van der Waals surface area contributed by atoms with Crippen LogP contribution >= 0.6 is 11.6 Å². The standard InChI is InChI=1S/C18H14ClNO2/c19-14-5-8-16-13(11-14)4-9-17(16)22-15-6-1-12(2-7-15)3-10-18(20)21/h1-2,5-8,11,17H,4,9H2,(H2,20,21). The van der Waals surface area contributed by atoms with E-state index >= 15 is 0 Å². The van der Waals surface area contributed by atoms with E-state index in [2.05, 4.69) is 11.8 Å². The maximum Gasteiger partial charge on any atom is 0.293 e. The topological polar surface area (TPSA) is 52.3 Å². The van der Waals surface area contributed by atoms with Gasteiger partial charge in [0.1, 0.15) is 11.9 Å². The summed E-state index contributed by atoms with van der Waals surface area (Å²) in [5.41, 5.74) is 8.16. The van der Waals surface area contributed by atoms with Gasteiger partial charge >= 0.3 is 0 Å². The lowest BCUT2D eigenvalue weighted by Crippen LogP contribution is -2.06. The van der Waals surface area contributed by atoms with Crippen molar-refractivity contribution in [2.45, 2.75) is 18.9 Å². The Morgan fingerprint density at radius 2 is 2.00 bits per heavy atom. The third kappa shape index (κ3) is 3.24. The van der Waals surface area contributed by atoms with Crippen molar-refractivity contribution in [3.63, 3.8) is 0 Å². The maximum absolute atomic E-state index is 10.6. The summed E-state index contributed by atoms with van der Waals surface area (Å²) in [6.45, 7) is 0. The Morgan fingerprint density at radius 1 is 1.23 bits per heavy atom. The molecule has 2 N–H and O–H groups in total. The van der Waals surface area contributed by atoms with Gasteiger partial charge in [-0.15, -0.1) is 0 Å². The molecule has 1 atom stereocenters. The summed E-state index contributed by atoms with van der Waals surface area (Å²) in [6, 6.07) is 13.2. The Bertz CT molecular complexity index is 772. The molecular weight excluding hydrogens is 298 g/mol. The van der Waals surface area contributed by atoms with Crippen LogP contribution in [0.5, 0.6) is 5.75 Å². The number of nitrogens with two attached hydrogens (primary N) is 1. The highest BCUT2D eigenvalue weighted by atomic mass is 35.5. The second kappa shape index (κ2) is 6.13. The fourth-order valence-electron chi connectivity index (χ4n) is 2.58. The van der Waals surface area contributed by atoms with Crippen molar-refractivity contribution in [3.8, 4) is 17.6 Å². The Balaban J connectivity index is 1.73. The summed E-state index contributed by atoms with van der Waals surface area (Å²) in [5.74, 6) is 5.14. The molecule has 1 aliphatic carbocycles. The lowest BCUT2D eigenvalue weighted by Gasteiger charge is -2.15. The molecule has 2 aromatic carbocycles. The SMILES string of the molecule is NC(=O)C#Cc1ccc(OC2CCc3cc(Cl)ccc32)cc1. The van der Waals surface area contributed by atoms with Gasteiger partial charge in [-0.25, -0.2) is 0 Å². The summed E-state index contributed by atoms with van der Waals surface area (Å²) in [5, 5.41) is 0.761. The zero-order valence-corrected chi connectivity index (χ0v) is 12.6. The van der Waals surface area contributed by atoms with E-state index in [0.29, 0.717) is 0 Å². The van der Waals surface area contributed by atoms with E-state index < -0.39 is 5.91 Å². The molecule has 0 heterocycles. The number of benzene rings is 2. The number of primary amides is 1. The monoisotopic (exact) mass is 311 g/mol. The van der Waals surface area contributed by atoms with Crippen LogP contribution in [0.1, 0.15) is 29.2 Å². The van der Waals surface area contributed by atoms with Crippen LogP contribution in [-0.2, 0) is 11.2 Å². The highest BCUT2D eigenvalue weighted by Gasteiger charge is 2.24. The Labute approximate surface area is 134 Å². The molecule has 1 unspecified atom stereocenters. The average molecular weight is 312 g/mol. The highest BCUT2D eigenvalue weighted by Crippen LogP contribution is 2.36. The molecule has 4 heteroatoms. The fourth-order valence-corrected chi connectivity index (χ4v) is 2.78. The van der Waals surface area contributed by atoms with Crippen LogP contribution in [0.15, 0.2) is 42.5 Å². The number of hydrogen-bond donors (Lipinski definition) is 1. The van der Waals surface area contributed by atoms with Gasteiger partial charge in [0.25, 0.3) is 5.91 Å². The van der Waals surface area contributed by atoms with Crippen LogP contribution in [0.4, 0.5) is 0 Å². The largest absolute Gasteiger partial charge is 0.486 e. The van der Waals surface area contributed by atoms with Crippen molar-refractivity contribution in [1.82, 2.24) is 0 Å². The van der Waals surface area contributed by atoms with E-state index in [1.165, 1.54) is 11.1 Å². The second-order valence-electron chi connectivity index (χ2n) is 5.13. The predicted octanol–water partition coefficient (Wildman–Crippen LogP) is 3.24. The number of amides is 1. The van der Waals surface area contributed by atoms with Gasteiger partial charge in [-0.3, -0.25) is 4.79 Å². The van der Waals surface area contributed by atoms with Crippen molar-refractivity contribution in [3.05, 3.63) is 64.2 Å². The van der Waals surface area contributed by atoms with Gasteiger partial charge in [0, 0.05) is 10.6 Å². The number of carbonyl (C=O) groups excluding carboxylic acids is 1. The molecule has 0 aliphatic heterocycles. The third-order valence-electron chi connectivity index (χ3n) is 3.59. The Morgan fingerprint density at radius 3 is 2.73 bits per heavy atom. The number of rotatable bonds is 2. The van der Waals surface area contributed by atoms with Crippen LogP contribution in [0.25, 0.3) is 0 Å². The molecule has 3 nitrogen and oxygen atoms in total. The molecule has 22 heavy (non-hydrogen) atoms. The summed E-state index contributed by atoms with van der Waals surface area (Å²) >= 11 is 6.01. The van der Waals surface area contributed by atoms with Crippen molar-refractivity contribution in [1.29, 1.82) is 0 Å². The van der Waals surface area contributed by atoms with E-state index in [4.69, 9.17) is 22.1 Å². The van der Waals surface area contributed by atoms with Crippen molar-refractivity contribution >= 4 is 17.5 Å². The predicted molar refractivity (Wildman–Crippen MR) is 85.7 cm³/mol. The van der Waals surface area contributed by atoms with Crippen molar-refractivity contribution in [2.75, 3.05) is 0 Å². The first-order valence-corrected chi connectivity index (χ1v) is 7.36. The average Bonchev–Trinajstić information content (AvgIpc) is 2.88. The summed E-state index contributed by atoms with van der Waals surface area (Å²) < 4.78 is 6.04. The van der Waals surface area contributed by atoms with E-state index in [1.807, 2.05) is 42.5 Å². The van der Waals surface area contributed by atoms with Crippen LogP contribution in [0.2, 0.25) is 5.02 Å². The molecule has 0 saturated heterocycles. The first kappa shape index (κ1) is 14.5. The molecule has 0 bridgehead atoms. The first-order chi connectivity index (χ1) is 10.6. The lowest BCUT2D eigenvalue weighted by atomic mass is 10.1. The quantitative estimate of drug-likeness (QED) is 0.866. The molecule has 110 valence electrons. The van der Waals surface area contributed by atoms with Crippen molar-refractivity contribution in [2.24, 2.45) is 5.73 Å². The first-order valence-electron chi connectivity index (χ1n) is 6.98. The third-order valence-corrected chi connectivity index (χ3v) is 3.83. The molecule has 3 rings (SSSR count). The van der Waals surface area contributed by atoms with Gasteiger partial charge < -0.3 is 10.5 Å². The van der Waals surface area contributed by atoms with E-state index in [0.717, 1.165) is 29.2 Å². The number of halogens is 1. The maximum atomic E-state index is 10.6. The summed E-state index contributed by atoms with van der Waals surface area (Å²) in [7, 11) is 0. The van der Waals surface area contributed by atoms with Gasteiger partial charge in [-0.2, -0.15) is 0 Å². The lowest BCUT2D eigenvalue weighted by molar-refractivity contribution is -0.112. The van der Waals surface area contributed by atoms with Crippen LogP contribution in [0.3, 0.4) is 0 Å². The molecule has 0 saturated carbocycles. The normalized spacial score (nSPS) is 15.6. The minimum absolute atomic E-state index is 0.0508. The van der Waals surface area contributed by atoms with Gasteiger partial charge in [0.15, 0.2) is 0 Å². The smallest absolute Gasteiger partial charge is 0.293 e. The molecule has 0 aromatic heterocycles. The molecule has 0 radical (unpaired) electrons. The molecule has 2 aromatic rings. The number of carbonyl (C=O) groups is 1. The van der Waals surface area contributed by atoms with E-state index in [1.54, 1.807) is 0 Å². The van der Waals surface area contributed by atoms with Gasteiger partial charge in [-0.1, -0.05) is 23.6 Å². The summed E-state index contributed by atoms with van der Waals surface area (Å²) in [6.07, 6.45) is 1.97. The Hall–Kier alpha value is -2.44. The van der Waals surface area contributed by atoms with Gasteiger partial charge in [0.2, 0.25) is 0 Å². The van der Waals surface area contributed by atoms with E-state index in [9.17, 15) is 4.79 Å². The Kier molecular flexibility index (Phi) is 4.04. The molecule has 0 spiro atoms. The van der Waals surface area contributed by atoms with Gasteiger partial charge in [-0.05, 0) is 66.3 Å². The fraction of sp³-hybridized carbons (Fsp3) is 0.167. The number of ether oxygens (including phenoxy) is 1. The number of fused-ring (bicyclic) bond motifs is 1. The minimum atomic E-state index is -0.637. The molecule has 1 aliphatic rings.